The highest BCUT2D eigenvalue weighted by Crippen LogP contribution is 2.18. The molecule has 4 nitrogen and oxygen atoms in total. The first-order valence-corrected chi connectivity index (χ1v) is 4.42. The molecule has 0 heterocycles. The number of carbonyl (C=O) groups is 1. The van der Waals surface area contributed by atoms with Crippen molar-refractivity contribution in [1.29, 1.82) is 10.5 Å². The number of nitrogens with zero attached hydrogens (tertiary/aromatic N) is 3. The van der Waals surface area contributed by atoms with Crippen molar-refractivity contribution in [2.45, 2.75) is 33.2 Å². The third-order valence-electron chi connectivity index (χ3n) is 2.18. The van der Waals surface area contributed by atoms with Crippen molar-refractivity contribution >= 4 is 5.91 Å². The van der Waals surface area contributed by atoms with Gasteiger partial charge in [0.2, 0.25) is 5.91 Å². The Bertz CT molecular complexity index is 295. The van der Waals surface area contributed by atoms with E-state index in [1.165, 1.54) is 4.90 Å². The molecular formula is C10H15N3O. The highest BCUT2D eigenvalue weighted by Gasteiger charge is 2.32. The van der Waals surface area contributed by atoms with Crippen LogP contribution in [0.1, 0.15) is 27.2 Å². The molecule has 0 rings (SSSR count). The summed E-state index contributed by atoms with van der Waals surface area (Å²) in [5.41, 5.74) is -1.02. The van der Waals surface area contributed by atoms with Crippen molar-refractivity contribution in [2.75, 3.05) is 7.05 Å². The fourth-order valence-electron chi connectivity index (χ4n) is 0.958. The van der Waals surface area contributed by atoms with Crippen molar-refractivity contribution in [2.24, 2.45) is 5.41 Å². The lowest BCUT2D eigenvalue weighted by Gasteiger charge is -2.28. The largest absolute Gasteiger partial charge is 0.341 e. The van der Waals surface area contributed by atoms with Crippen LogP contribution in [0, 0.1) is 28.1 Å². The minimum absolute atomic E-state index is 0.153. The van der Waals surface area contributed by atoms with Gasteiger partial charge in [-0.05, 0) is 20.8 Å². The molecule has 0 aliphatic rings. The van der Waals surface area contributed by atoms with Gasteiger partial charge in [-0.2, -0.15) is 10.5 Å². The van der Waals surface area contributed by atoms with Crippen LogP contribution in [-0.4, -0.2) is 23.9 Å². The maximum atomic E-state index is 11.7. The van der Waals surface area contributed by atoms with Crippen molar-refractivity contribution in [3.05, 3.63) is 0 Å². The molecule has 0 aliphatic heterocycles. The molecule has 0 aromatic heterocycles. The maximum Gasteiger partial charge on any atom is 0.242 e. The summed E-state index contributed by atoms with van der Waals surface area (Å²) in [6.45, 7) is 4.93. The lowest BCUT2D eigenvalue weighted by atomic mass is 9.93. The van der Waals surface area contributed by atoms with E-state index in [0.29, 0.717) is 0 Å². The van der Waals surface area contributed by atoms with Gasteiger partial charge in [0.15, 0.2) is 0 Å². The molecule has 1 unspecified atom stereocenters. The normalized spacial score (nSPS) is 12.4. The van der Waals surface area contributed by atoms with E-state index in [-0.39, 0.29) is 18.4 Å². The van der Waals surface area contributed by atoms with Crippen LogP contribution < -0.4 is 0 Å². The molecule has 0 N–H and O–H groups in total. The Morgan fingerprint density at radius 2 is 2.00 bits per heavy atom. The summed E-state index contributed by atoms with van der Waals surface area (Å²) in [5, 5.41) is 17.2. The quantitative estimate of drug-likeness (QED) is 0.678. The molecule has 1 atom stereocenters. The summed E-state index contributed by atoms with van der Waals surface area (Å²) >= 11 is 0. The van der Waals surface area contributed by atoms with Crippen LogP contribution in [0.25, 0.3) is 0 Å². The highest BCUT2D eigenvalue weighted by atomic mass is 16.2. The fourth-order valence-corrected chi connectivity index (χ4v) is 0.958. The van der Waals surface area contributed by atoms with Gasteiger partial charge in [-0.1, -0.05) is 0 Å². The number of nitriles is 2. The average molecular weight is 193 g/mol. The minimum Gasteiger partial charge on any atom is -0.341 e. The Morgan fingerprint density at radius 1 is 1.50 bits per heavy atom. The third kappa shape index (κ3) is 2.74. The first kappa shape index (κ1) is 12.4. The summed E-state index contributed by atoms with van der Waals surface area (Å²) in [6, 6.07) is 3.79. The molecule has 0 aromatic rings. The zero-order chi connectivity index (χ0) is 11.4. The number of carbonyl (C=O) groups excluding carboxylic acids is 1. The van der Waals surface area contributed by atoms with E-state index in [2.05, 4.69) is 0 Å². The van der Waals surface area contributed by atoms with Gasteiger partial charge >= 0.3 is 0 Å². The average Bonchev–Trinajstić information content (AvgIpc) is 2.15. The molecule has 0 bridgehead atoms. The number of amides is 1. The third-order valence-corrected chi connectivity index (χ3v) is 2.18. The van der Waals surface area contributed by atoms with Crippen molar-refractivity contribution < 1.29 is 4.79 Å². The molecular weight excluding hydrogens is 178 g/mol. The fraction of sp³-hybridized carbons (Fsp3) is 0.700. The van der Waals surface area contributed by atoms with Gasteiger partial charge in [-0.15, -0.1) is 0 Å². The van der Waals surface area contributed by atoms with Gasteiger partial charge in [0, 0.05) is 13.1 Å². The molecule has 4 heteroatoms. The van der Waals surface area contributed by atoms with Gasteiger partial charge in [-0.25, -0.2) is 0 Å². The molecule has 14 heavy (non-hydrogen) atoms. The van der Waals surface area contributed by atoms with E-state index in [4.69, 9.17) is 10.5 Å². The Morgan fingerprint density at radius 3 is 2.36 bits per heavy atom. The van der Waals surface area contributed by atoms with E-state index in [1.807, 2.05) is 12.1 Å². The zero-order valence-electron chi connectivity index (χ0n) is 9.03. The zero-order valence-corrected chi connectivity index (χ0v) is 9.03. The number of rotatable bonds is 3. The molecule has 76 valence electrons. The second-order valence-corrected chi connectivity index (χ2v) is 3.86. The molecule has 0 saturated heterocycles. The van der Waals surface area contributed by atoms with Crippen LogP contribution in [0.3, 0.4) is 0 Å². The van der Waals surface area contributed by atoms with E-state index in [9.17, 15) is 4.79 Å². The number of hydrogen-bond donors (Lipinski definition) is 0. The van der Waals surface area contributed by atoms with Gasteiger partial charge in [0.1, 0.15) is 5.41 Å². The van der Waals surface area contributed by atoms with Crippen molar-refractivity contribution in [3.8, 4) is 12.1 Å². The Balaban J connectivity index is 4.58. The molecule has 0 radical (unpaired) electrons. The van der Waals surface area contributed by atoms with Crippen LogP contribution in [0.5, 0.6) is 0 Å². The summed E-state index contributed by atoms with van der Waals surface area (Å²) in [5.74, 6) is -0.247. The highest BCUT2D eigenvalue weighted by molar-refractivity contribution is 5.84. The molecule has 0 aromatic carbocycles. The Labute approximate surface area is 84.7 Å². The van der Waals surface area contributed by atoms with Gasteiger partial charge < -0.3 is 4.90 Å². The second-order valence-electron chi connectivity index (χ2n) is 3.86. The van der Waals surface area contributed by atoms with Gasteiger partial charge in [-0.3, -0.25) is 4.79 Å². The van der Waals surface area contributed by atoms with Crippen LogP contribution >= 0.6 is 0 Å². The van der Waals surface area contributed by atoms with E-state index >= 15 is 0 Å². The lowest BCUT2D eigenvalue weighted by Crippen LogP contribution is -2.42. The first-order valence-electron chi connectivity index (χ1n) is 4.42. The number of hydrogen-bond acceptors (Lipinski definition) is 3. The SMILES string of the molecule is CC(CC#N)N(C)C(=O)C(C)(C)C#N. The Hall–Kier alpha value is -1.55. The van der Waals surface area contributed by atoms with E-state index in [1.54, 1.807) is 27.8 Å². The van der Waals surface area contributed by atoms with E-state index < -0.39 is 5.41 Å². The first-order chi connectivity index (χ1) is 6.36. The van der Waals surface area contributed by atoms with Crippen LogP contribution in [0.4, 0.5) is 0 Å². The predicted molar refractivity (Wildman–Crippen MR) is 51.9 cm³/mol. The lowest BCUT2D eigenvalue weighted by molar-refractivity contribution is -0.137. The maximum absolute atomic E-state index is 11.7. The van der Waals surface area contributed by atoms with Crippen LogP contribution in [0.2, 0.25) is 0 Å². The molecule has 0 fully saturated rings. The topological polar surface area (TPSA) is 67.9 Å². The smallest absolute Gasteiger partial charge is 0.242 e. The monoisotopic (exact) mass is 193 g/mol. The summed E-state index contributed by atoms with van der Waals surface area (Å²) in [4.78, 5) is 13.2. The molecule has 0 aliphatic carbocycles. The van der Waals surface area contributed by atoms with Crippen LogP contribution in [-0.2, 0) is 4.79 Å². The van der Waals surface area contributed by atoms with E-state index in [0.717, 1.165) is 0 Å². The minimum atomic E-state index is -1.02. The predicted octanol–water partition coefficient (Wildman–Crippen LogP) is 1.30. The van der Waals surface area contributed by atoms with Gasteiger partial charge in [0.05, 0.1) is 18.6 Å². The summed E-state index contributed by atoms with van der Waals surface area (Å²) < 4.78 is 0. The summed E-state index contributed by atoms with van der Waals surface area (Å²) in [7, 11) is 1.61. The summed E-state index contributed by atoms with van der Waals surface area (Å²) in [6.07, 6.45) is 0.281. The molecule has 1 amide bonds. The molecule has 0 saturated carbocycles. The molecule has 0 spiro atoms. The van der Waals surface area contributed by atoms with Gasteiger partial charge in [0.25, 0.3) is 0 Å². The standard InChI is InChI=1S/C10H15N3O/c1-8(5-6-11)13(4)9(14)10(2,3)7-12/h8H,5H2,1-4H3. The Kier molecular flexibility index (Phi) is 4.11. The second kappa shape index (κ2) is 4.62. The van der Waals surface area contributed by atoms with Crippen LogP contribution in [0.15, 0.2) is 0 Å². The van der Waals surface area contributed by atoms with Crippen molar-refractivity contribution in [1.82, 2.24) is 4.90 Å². The van der Waals surface area contributed by atoms with Crippen molar-refractivity contribution in [3.63, 3.8) is 0 Å².